The van der Waals surface area contributed by atoms with Gasteiger partial charge in [0.1, 0.15) is 5.82 Å². The molecule has 1 heterocycles. The van der Waals surface area contributed by atoms with Gasteiger partial charge in [0.2, 0.25) is 0 Å². The maximum Gasteiger partial charge on any atom is 0.256 e. The fourth-order valence-corrected chi connectivity index (χ4v) is 3.12. The highest BCUT2D eigenvalue weighted by molar-refractivity contribution is 7.99. The van der Waals surface area contributed by atoms with Crippen LogP contribution in [0.1, 0.15) is 0 Å². The van der Waals surface area contributed by atoms with E-state index in [2.05, 4.69) is 20.3 Å². The Morgan fingerprint density at radius 1 is 1.50 bits per heavy atom. The molecule has 1 aliphatic rings. The Hall–Kier alpha value is -1.87. The molecule has 0 amide bonds. The summed E-state index contributed by atoms with van der Waals surface area (Å²) in [5.41, 5.74) is 1.58. The summed E-state index contributed by atoms with van der Waals surface area (Å²) in [4.78, 5) is 6.26. The lowest BCUT2D eigenvalue weighted by atomic mass is 10.2. The molecule has 1 saturated heterocycles. The minimum Gasteiger partial charge on any atom is -0.474 e. The van der Waals surface area contributed by atoms with Gasteiger partial charge in [0.15, 0.2) is 0 Å². The van der Waals surface area contributed by atoms with Crippen LogP contribution in [0, 0.1) is 5.82 Å². The second kappa shape index (κ2) is 9.43. The molecule has 9 heteroatoms. The van der Waals surface area contributed by atoms with Crippen LogP contribution >= 0.6 is 24.0 Å². The number of hydrogen-bond donors (Lipinski definition) is 2. The van der Waals surface area contributed by atoms with Crippen LogP contribution in [0.15, 0.2) is 28.3 Å². The van der Waals surface area contributed by atoms with E-state index < -0.39 is 0 Å². The molecule has 1 fully saturated rings. The van der Waals surface area contributed by atoms with Crippen molar-refractivity contribution in [2.45, 2.75) is 0 Å². The first kappa shape index (κ1) is 18.5. The number of nitrogens with one attached hydrogen (secondary N) is 1. The number of thioether (sulfide) groups is 1. The van der Waals surface area contributed by atoms with Gasteiger partial charge in [-0.05, 0) is 24.4 Å². The van der Waals surface area contributed by atoms with Gasteiger partial charge in [0.05, 0.1) is 37.0 Å². The summed E-state index contributed by atoms with van der Waals surface area (Å²) in [5.74, 6) is 7.07. The number of thiocarbonyl (C=S) groups is 1. The van der Waals surface area contributed by atoms with E-state index in [9.17, 15) is 4.39 Å². The first-order valence-electron chi connectivity index (χ1n) is 7.39. The second-order valence-electron chi connectivity index (χ2n) is 4.96. The summed E-state index contributed by atoms with van der Waals surface area (Å²) in [6.45, 7) is 2.00. The van der Waals surface area contributed by atoms with E-state index in [4.69, 9.17) is 22.8 Å². The summed E-state index contributed by atoms with van der Waals surface area (Å²) in [6.07, 6.45) is 1.47. The minimum absolute atomic E-state index is 0.236. The number of hydrazone groups is 1. The van der Waals surface area contributed by atoms with Crippen LogP contribution in [0.2, 0.25) is 0 Å². The van der Waals surface area contributed by atoms with Crippen molar-refractivity contribution in [1.82, 2.24) is 5.32 Å². The van der Waals surface area contributed by atoms with Crippen LogP contribution in [-0.2, 0) is 4.74 Å². The predicted molar refractivity (Wildman–Crippen MR) is 103 cm³/mol. The molecular weight excluding hydrogens is 349 g/mol. The summed E-state index contributed by atoms with van der Waals surface area (Å²) in [6, 6.07) is 4.95. The number of halogens is 1. The lowest BCUT2D eigenvalue weighted by molar-refractivity contribution is 0.396. The van der Waals surface area contributed by atoms with Crippen molar-refractivity contribution in [3.05, 3.63) is 24.0 Å². The highest BCUT2D eigenvalue weighted by atomic mass is 32.2. The molecule has 130 valence electrons. The number of methoxy groups -OCH3 is 1. The number of benzene rings is 1. The number of nitrogens with zero attached hydrogens (tertiary/aromatic N) is 3. The Bertz CT molecular complexity index is 632. The zero-order valence-corrected chi connectivity index (χ0v) is 15.0. The van der Waals surface area contributed by atoms with E-state index in [0.717, 1.165) is 24.6 Å². The molecule has 0 spiro atoms. The number of nitrogens with two attached hydrogens (primary N) is 1. The van der Waals surface area contributed by atoms with Gasteiger partial charge < -0.3 is 20.8 Å². The van der Waals surface area contributed by atoms with Crippen LogP contribution in [0.3, 0.4) is 0 Å². The van der Waals surface area contributed by atoms with Crippen molar-refractivity contribution in [3.63, 3.8) is 0 Å². The van der Waals surface area contributed by atoms with E-state index in [0.29, 0.717) is 17.1 Å². The van der Waals surface area contributed by atoms with Gasteiger partial charge in [-0.1, -0.05) is 0 Å². The monoisotopic (exact) mass is 369 g/mol. The largest absolute Gasteiger partial charge is 0.474 e. The first-order chi connectivity index (χ1) is 11.6. The number of ether oxygens (including phenoxy) is 1. The van der Waals surface area contributed by atoms with E-state index in [1.165, 1.54) is 19.4 Å². The third-order valence-corrected chi connectivity index (χ3v) is 4.66. The zero-order valence-electron chi connectivity index (χ0n) is 13.4. The molecule has 0 saturated carbocycles. The van der Waals surface area contributed by atoms with Crippen LogP contribution in [0.5, 0.6) is 0 Å². The molecule has 3 N–H and O–H groups in total. The number of anilines is 1. The summed E-state index contributed by atoms with van der Waals surface area (Å²) in [5, 5.41) is 6.65. The lowest BCUT2D eigenvalue weighted by Crippen LogP contribution is -2.33. The van der Waals surface area contributed by atoms with Crippen molar-refractivity contribution in [2.75, 3.05) is 43.1 Å². The van der Waals surface area contributed by atoms with E-state index in [-0.39, 0.29) is 17.5 Å². The van der Waals surface area contributed by atoms with Gasteiger partial charge in [-0.3, -0.25) is 4.99 Å². The molecule has 24 heavy (non-hydrogen) atoms. The number of hydrogen-bond acceptors (Lipinski definition) is 7. The smallest absolute Gasteiger partial charge is 0.256 e. The number of rotatable bonds is 5. The third kappa shape index (κ3) is 5.34. The Morgan fingerprint density at radius 3 is 2.88 bits per heavy atom. The summed E-state index contributed by atoms with van der Waals surface area (Å²) >= 11 is 6.75. The lowest BCUT2D eigenvalue weighted by Gasteiger charge is -2.28. The second-order valence-corrected chi connectivity index (χ2v) is 6.55. The Kier molecular flexibility index (Phi) is 7.26. The molecule has 1 aliphatic heterocycles. The van der Waals surface area contributed by atoms with Gasteiger partial charge in [0, 0.05) is 30.7 Å². The normalized spacial score (nSPS) is 15.6. The average molecular weight is 369 g/mol. The maximum absolute atomic E-state index is 14.3. The SMILES string of the molecule is COC(=S)NCC(C=Nc1ccc(N2CCSCC2)c(F)c1)=NN. The quantitative estimate of drug-likeness (QED) is 0.357. The molecule has 1 aromatic rings. The van der Waals surface area contributed by atoms with Crippen LogP contribution in [-0.4, -0.2) is 55.4 Å². The predicted octanol–water partition coefficient (Wildman–Crippen LogP) is 1.92. The molecule has 0 aromatic heterocycles. The highest BCUT2D eigenvalue weighted by Gasteiger charge is 2.15. The Labute approximate surface area is 150 Å². The van der Waals surface area contributed by atoms with Gasteiger partial charge in [-0.15, -0.1) is 0 Å². The minimum atomic E-state index is -0.276. The van der Waals surface area contributed by atoms with Gasteiger partial charge >= 0.3 is 0 Å². The zero-order chi connectivity index (χ0) is 17.4. The molecule has 0 unspecified atom stereocenters. The Balaban J connectivity index is 2.01. The van der Waals surface area contributed by atoms with Crippen molar-refractivity contribution in [2.24, 2.45) is 15.9 Å². The van der Waals surface area contributed by atoms with E-state index in [1.807, 2.05) is 11.8 Å². The summed E-state index contributed by atoms with van der Waals surface area (Å²) in [7, 11) is 1.47. The topological polar surface area (TPSA) is 75.2 Å². The molecule has 1 aromatic carbocycles. The highest BCUT2D eigenvalue weighted by Crippen LogP contribution is 2.26. The molecule has 0 bridgehead atoms. The standard InChI is InChI=1S/C15H20FN5OS2/c1-22-15(23)19-10-12(20-17)9-18-11-2-3-14(13(16)8-11)21-4-6-24-7-5-21/h2-3,8-9H,4-7,10,17H2,1H3,(H,19,23). The molecule has 0 radical (unpaired) electrons. The van der Waals surface area contributed by atoms with Crippen molar-refractivity contribution < 1.29 is 9.13 Å². The number of aliphatic imine (C=N–C) groups is 1. The van der Waals surface area contributed by atoms with E-state index >= 15 is 0 Å². The summed E-state index contributed by atoms with van der Waals surface area (Å²) < 4.78 is 19.1. The first-order valence-corrected chi connectivity index (χ1v) is 8.95. The molecule has 0 atom stereocenters. The van der Waals surface area contributed by atoms with Crippen LogP contribution in [0.4, 0.5) is 15.8 Å². The van der Waals surface area contributed by atoms with Gasteiger partial charge in [-0.2, -0.15) is 16.9 Å². The molecule has 2 rings (SSSR count). The van der Waals surface area contributed by atoms with Crippen molar-refractivity contribution in [3.8, 4) is 0 Å². The molecule has 0 aliphatic carbocycles. The van der Waals surface area contributed by atoms with Crippen molar-refractivity contribution >= 4 is 52.5 Å². The van der Waals surface area contributed by atoms with Crippen molar-refractivity contribution in [1.29, 1.82) is 0 Å². The van der Waals surface area contributed by atoms with Gasteiger partial charge in [0.25, 0.3) is 5.17 Å². The third-order valence-electron chi connectivity index (χ3n) is 3.41. The fourth-order valence-electron chi connectivity index (χ4n) is 2.15. The van der Waals surface area contributed by atoms with Crippen LogP contribution < -0.4 is 16.1 Å². The fraction of sp³-hybridized carbons (Fsp3) is 0.400. The average Bonchev–Trinajstić information content (AvgIpc) is 2.62. The maximum atomic E-state index is 14.3. The van der Waals surface area contributed by atoms with Gasteiger partial charge in [-0.25, -0.2) is 4.39 Å². The Morgan fingerprint density at radius 2 is 2.25 bits per heavy atom. The molecule has 6 nitrogen and oxygen atoms in total. The molecular formula is C15H20FN5OS2. The van der Waals surface area contributed by atoms with Crippen LogP contribution in [0.25, 0.3) is 0 Å². The van der Waals surface area contributed by atoms with E-state index in [1.54, 1.807) is 12.1 Å².